The van der Waals surface area contributed by atoms with Crippen molar-refractivity contribution in [3.63, 3.8) is 0 Å². The standard InChI is InChI=1S/C14H20O4/c1-3-10-6-4-5-9-14(10,16)12-8-7-11(18-12)13(15)17-2/h7-8,10,16H,3-6,9H2,1-2H3. The van der Waals surface area contributed by atoms with Crippen LogP contribution in [0.5, 0.6) is 0 Å². The Labute approximate surface area is 107 Å². The fraction of sp³-hybridized carbons (Fsp3) is 0.643. The number of carbonyl (C=O) groups is 1. The van der Waals surface area contributed by atoms with Gasteiger partial charge in [-0.05, 0) is 30.9 Å². The normalized spacial score (nSPS) is 28.1. The van der Waals surface area contributed by atoms with Gasteiger partial charge in [0.25, 0.3) is 0 Å². The molecule has 1 saturated carbocycles. The molecule has 0 saturated heterocycles. The zero-order valence-electron chi connectivity index (χ0n) is 10.9. The zero-order chi connectivity index (χ0) is 13.2. The second kappa shape index (κ2) is 5.14. The molecule has 1 aromatic heterocycles. The van der Waals surface area contributed by atoms with Crippen molar-refractivity contribution in [3.05, 3.63) is 23.7 Å². The van der Waals surface area contributed by atoms with Gasteiger partial charge in [-0.15, -0.1) is 0 Å². The number of hydrogen-bond donors (Lipinski definition) is 1. The summed E-state index contributed by atoms with van der Waals surface area (Å²) in [6.07, 6.45) is 4.73. The predicted molar refractivity (Wildman–Crippen MR) is 66.2 cm³/mol. The summed E-state index contributed by atoms with van der Waals surface area (Å²) in [5, 5.41) is 10.8. The summed E-state index contributed by atoms with van der Waals surface area (Å²) in [6, 6.07) is 3.26. The molecular formula is C14H20O4. The maximum absolute atomic E-state index is 11.4. The lowest BCUT2D eigenvalue weighted by atomic mass is 9.73. The van der Waals surface area contributed by atoms with Crippen LogP contribution in [-0.2, 0) is 10.3 Å². The molecule has 100 valence electrons. The molecule has 0 bridgehead atoms. The summed E-state index contributed by atoms with van der Waals surface area (Å²) in [7, 11) is 1.31. The smallest absolute Gasteiger partial charge is 0.373 e. The number of aliphatic hydroxyl groups is 1. The average molecular weight is 252 g/mol. The number of methoxy groups -OCH3 is 1. The summed E-state index contributed by atoms with van der Waals surface area (Å²) >= 11 is 0. The number of esters is 1. The third-order valence-corrected chi connectivity index (χ3v) is 3.95. The molecule has 2 unspecified atom stereocenters. The summed E-state index contributed by atoms with van der Waals surface area (Å²) in [5.41, 5.74) is -0.931. The van der Waals surface area contributed by atoms with Crippen molar-refractivity contribution in [3.8, 4) is 0 Å². The van der Waals surface area contributed by atoms with Crippen LogP contribution in [0.2, 0.25) is 0 Å². The van der Waals surface area contributed by atoms with Gasteiger partial charge in [0.1, 0.15) is 11.4 Å². The highest BCUT2D eigenvalue weighted by molar-refractivity contribution is 5.86. The first-order valence-corrected chi connectivity index (χ1v) is 6.52. The number of ether oxygens (including phenoxy) is 1. The molecule has 1 aromatic rings. The molecule has 18 heavy (non-hydrogen) atoms. The fourth-order valence-corrected chi connectivity index (χ4v) is 2.88. The molecule has 4 heteroatoms. The van der Waals surface area contributed by atoms with Crippen molar-refractivity contribution < 1.29 is 19.1 Å². The third kappa shape index (κ3) is 2.17. The number of furan rings is 1. The van der Waals surface area contributed by atoms with Crippen LogP contribution in [0.25, 0.3) is 0 Å². The minimum atomic E-state index is -0.931. The molecule has 1 aliphatic rings. The molecule has 0 spiro atoms. The van der Waals surface area contributed by atoms with E-state index in [9.17, 15) is 9.90 Å². The van der Waals surface area contributed by atoms with E-state index in [4.69, 9.17) is 4.42 Å². The van der Waals surface area contributed by atoms with E-state index in [1.165, 1.54) is 7.11 Å². The molecule has 4 nitrogen and oxygen atoms in total. The third-order valence-electron chi connectivity index (χ3n) is 3.95. The Morgan fingerprint density at radius 3 is 3.00 bits per heavy atom. The monoisotopic (exact) mass is 252 g/mol. The van der Waals surface area contributed by atoms with Crippen LogP contribution in [0.1, 0.15) is 55.3 Å². The summed E-state index contributed by atoms with van der Waals surface area (Å²) in [4.78, 5) is 11.4. The molecule has 0 aliphatic heterocycles. The van der Waals surface area contributed by atoms with Crippen molar-refractivity contribution in [2.75, 3.05) is 7.11 Å². The SMILES string of the molecule is CCC1CCCCC1(O)c1ccc(C(=O)OC)o1. The van der Waals surface area contributed by atoms with Crippen molar-refractivity contribution in [2.24, 2.45) is 5.92 Å². The first-order valence-electron chi connectivity index (χ1n) is 6.52. The van der Waals surface area contributed by atoms with E-state index in [0.29, 0.717) is 12.2 Å². The molecule has 1 aliphatic carbocycles. The van der Waals surface area contributed by atoms with E-state index in [0.717, 1.165) is 25.7 Å². The number of carbonyl (C=O) groups excluding carboxylic acids is 1. The Kier molecular flexibility index (Phi) is 3.76. The molecule has 0 aromatic carbocycles. The average Bonchev–Trinajstić information content (AvgIpc) is 2.88. The van der Waals surface area contributed by atoms with Crippen LogP contribution in [-0.4, -0.2) is 18.2 Å². The van der Waals surface area contributed by atoms with Crippen molar-refractivity contribution in [1.82, 2.24) is 0 Å². The van der Waals surface area contributed by atoms with E-state index >= 15 is 0 Å². The summed E-state index contributed by atoms with van der Waals surface area (Å²) in [6.45, 7) is 2.07. The van der Waals surface area contributed by atoms with E-state index in [1.807, 2.05) is 0 Å². The Hall–Kier alpha value is -1.29. The number of hydrogen-bond acceptors (Lipinski definition) is 4. The second-order valence-electron chi connectivity index (χ2n) is 4.93. The quantitative estimate of drug-likeness (QED) is 0.840. The minimum absolute atomic E-state index is 0.154. The lowest BCUT2D eigenvalue weighted by molar-refractivity contribution is -0.0723. The van der Waals surface area contributed by atoms with Gasteiger partial charge in [-0.2, -0.15) is 0 Å². The van der Waals surface area contributed by atoms with Gasteiger partial charge < -0.3 is 14.3 Å². The van der Waals surface area contributed by atoms with Gasteiger partial charge in [0.2, 0.25) is 5.76 Å². The van der Waals surface area contributed by atoms with E-state index in [2.05, 4.69) is 11.7 Å². The van der Waals surface area contributed by atoms with Gasteiger partial charge in [0.05, 0.1) is 7.11 Å². The molecule has 0 amide bonds. The lowest BCUT2D eigenvalue weighted by Crippen LogP contribution is -2.37. The van der Waals surface area contributed by atoms with Gasteiger partial charge in [0, 0.05) is 0 Å². The highest BCUT2D eigenvalue weighted by atomic mass is 16.5. The molecule has 2 rings (SSSR count). The van der Waals surface area contributed by atoms with Crippen LogP contribution in [0.4, 0.5) is 0 Å². The molecule has 1 N–H and O–H groups in total. The van der Waals surface area contributed by atoms with Gasteiger partial charge >= 0.3 is 5.97 Å². The van der Waals surface area contributed by atoms with E-state index in [1.54, 1.807) is 12.1 Å². The first kappa shape index (κ1) is 13.1. The topological polar surface area (TPSA) is 59.7 Å². The predicted octanol–water partition coefficient (Wildman–Crippen LogP) is 2.85. The Morgan fingerprint density at radius 2 is 2.33 bits per heavy atom. The van der Waals surface area contributed by atoms with E-state index < -0.39 is 11.6 Å². The fourth-order valence-electron chi connectivity index (χ4n) is 2.88. The summed E-state index contributed by atoms with van der Waals surface area (Å²) < 4.78 is 10.1. The van der Waals surface area contributed by atoms with Crippen LogP contribution in [0.15, 0.2) is 16.5 Å². The summed E-state index contributed by atoms with van der Waals surface area (Å²) in [5.74, 6) is 0.340. The molecule has 2 atom stereocenters. The Bertz CT molecular complexity index is 423. The molecular weight excluding hydrogens is 232 g/mol. The molecule has 0 radical (unpaired) electrons. The van der Waals surface area contributed by atoms with E-state index in [-0.39, 0.29) is 11.7 Å². The van der Waals surface area contributed by atoms with Gasteiger partial charge in [0.15, 0.2) is 0 Å². The van der Waals surface area contributed by atoms with Gasteiger partial charge in [-0.3, -0.25) is 0 Å². The van der Waals surface area contributed by atoms with Gasteiger partial charge in [-0.1, -0.05) is 26.2 Å². The van der Waals surface area contributed by atoms with Crippen molar-refractivity contribution in [1.29, 1.82) is 0 Å². The zero-order valence-corrected chi connectivity index (χ0v) is 10.9. The minimum Gasteiger partial charge on any atom is -0.463 e. The maximum Gasteiger partial charge on any atom is 0.373 e. The Morgan fingerprint density at radius 1 is 1.56 bits per heavy atom. The highest BCUT2D eigenvalue weighted by Crippen LogP contribution is 2.43. The van der Waals surface area contributed by atoms with Crippen molar-refractivity contribution in [2.45, 2.75) is 44.6 Å². The van der Waals surface area contributed by atoms with Crippen molar-refractivity contribution >= 4 is 5.97 Å². The second-order valence-corrected chi connectivity index (χ2v) is 4.93. The highest BCUT2D eigenvalue weighted by Gasteiger charge is 2.42. The maximum atomic E-state index is 11.4. The Balaban J connectivity index is 2.28. The lowest BCUT2D eigenvalue weighted by Gasteiger charge is -2.38. The van der Waals surface area contributed by atoms with Crippen LogP contribution in [0.3, 0.4) is 0 Å². The number of rotatable bonds is 3. The molecule has 1 fully saturated rings. The largest absolute Gasteiger partial charge is 0.463 e. The van der Waals surface area contributed by atoms with Crippen LogP contribution < -0.4 is 0 Å². The van der Waals surface area contributed by atoms with Crippen LogP contribution in [0, 0.1) is 5.92 Å². The first-order chi connectivity index (χ1) is 8.61. The molecule has 1 heterocycles. The van der Waals surface area contributed by atoms with Gasteiger partial charge in [-0.25, -0.2) is 4.79 Å². The van der Waals surface area contributed by atoms with Crippen LogP contribution >= 0.6 is 0 Å².